The zero-order valence-corrected chi connectivity index (χ0v) is 17.1. The van der Waals surface area contributed by atoms with Crippen molar-refractivity contribution in [1.29, 1.82) is 0 Å². The second-order valence-electron chi connectivity index (χ2n) is 10.5. The van der Waals surface area contributed by atoms with Crippen molar-refractivity contribution in [2.24, 2.45) is 16.2 Å². The maximum atomic E-state index is 6.05. The smallest absolute Gasteiger partial charge is 0.0751 e. The quantitative estimate of drug-likeness (QED) is 0.771. The van der Waals surface area contributed by atoms with Gasteiger partial charge in [-0.05, 0) is 68.0 Å². The van der Waals surface area contributed by atoms with Crippen LogP contribution in [0.4, 0.5) is 0 Å². The van der Waals surface area contributed by atoms with Gasteiger partial charge in [-0.25, -0.2) is 0 Å². The zero-order valence-electron chi connectivity index (χ0n) is 17.1. The van der Waals surface area contributed by atoms with E-state index in [1.807, 2.05) is 7.11 Å². The molecule has 0 atom stereocenters. The molecule has 0 spiro atoms. The average Bonchev–Trinajstić information content (AvgIpc) is 2.56. The molecule has 0 aromatic carbocycles. The largest absolute Gasteiger partial charge is 0.378 e. The van der Waals surface area contributed by atoms with Crippen LogP contribution in [0.5, 0.6) is 0 Å². The molecule has 4 aliphatic heterocycles. The van der Waals surface area contributed by atoms with Crippen LogP contribution in [0.25, 0.3) is 0 Å². The first-order valence-electron chi connectivity index (χ1n) is 10.1. The Hall–Kier alpha value is -0.120. The number of methoxy groups -OCH3 is 1. The number of ether oxygens (including phenoxy) is 1. The monoisotopic (exact) mass is 336 g/mol. The predicted molar refractivity (Wildman–Crippen MR) is 101 cm³/mol. The van der Waals surface area contributed by atoms with Gasteiger partial charge in [0.15, 0.2) is 0 Å². The third-order valence-corrected chi connectivity index (χ3v) is 8.20. The number of nitrogens with zero attached hydrogens (tertiary/aromatic N) is 2. The molecule has 0 aromatic heterocycles. The van der Waals surface area contributed by atoms with Crippen LogP contribution < -0.4 is 0 Å². The van der Waals surface area contributed by atoms with E-state index in [9.17, 15) is 0 Å². The fraction of sp³-hybridized carbons (Fsp3) is 1.00. The Morgan fingerprint density at radius 2 is 1.29 bits per heavy atom. The van der Waals surface area contributed by atoms with Crippen LogP contribution in [0, 0.1) is 16.2 Å². The maximum absolute atomic E-state index is 6.05. The molecule has 2 bridgehead atoms. The Labute approximate surface area is 150 Å². The summed E-state index contributed by atoms with van der Waals surface area (Å²) in [7, 11) is 1.92. The standard InChI is InChI=1S/C21H40N2O/c1-18(2,3)21(24-6)10-15-23(16-11-21)17-19(4,5)20-7-12-22(13-8-20)14-9-20/h7-17H2,1-6H3. The Morgan fingerprint density at radius 1 is 0.792 bits per heavy atom. The van der Waals surface area contributed by atoms with E-state index >= 15 is 0 Å². The minimum Gasteiger partial charge on any atom is -0.378 e. The summed E-state index contributed by atoms with van der Waals surface area (Å²) >= 11 is 0. The topological polar surface area (TPSA) is 15.7 Å². The average molecular weight is 337 g/mol. The molecule has 0 radical (unpaired) electrons. The van der Waals surface area contributed by atoms with E-state index in [4.69, 9.17) is 4.74 Å². The van der Waals surface area contributed by atoms with Crippen molar-refractivity contribution in [2.75, 3.05) is 46.4 Å². The molecule has 0 aliphatic carbocycles. The molecule has 0 N–H and O–H groups in total. The van der Waals surface area contributed by atoms with Crippen molar-refractivity contribution >= 4 is 0 Å². The van der Waals surface area contributed by atoms with Crippen LogP contribution in [0.1, 0.15) is 66.7 Å². The lowest BCUT2D eigenvalue weighted by Gasteiger charge is -2.58. The third kappa shape index (κ3) is 3.05. The second-order valence-corrected chi connectivity index (χ2v) is 10.5. The van der Waals surface area contributed by atoms with Crippen LogP contribution in [-0.2, 0) is 4.74 Å². The molecule has 140 valence electrons. The van der Waals surface area contributed by atoms with Gasteiger partial charge in [-0.1, -0.05) is 34.6 Å². The molecule has 4 heterocycles. The summed E-state index contributed by atoms with van der Waals surface area (Å²) in [6.07, 6.45) is 6.58. The second kappa shape index (κ2) is 6.25. The summed E-state index contributed by atoms with van der Waals surface area (Å²) in [6, 6.07) is 0. The molecule has 3 heteroatoms. The summed E-state index contributed by atoms with van der Waals surface area (Å²) < 4.78 is 6.05. The highest BCUT2D eigenvalue weighted by Crippen LogP contribution is 2.53. The minimum atomic E-state index is 0.0576. The van der Waals surface area contributed by atoms with Crippen LogP contribution in [-0.4, -0.2) is 61.8 Å². The minimum absolute atomic E-state index is 0.0576. The van der Waals surface area contributed by atoms with Gasteiger partial charge in [0.05, 0.1) is 5.60 Å². The van der Waals surface area contributed by atoms with Gasteiger partial charge in [-0.2, -0.15) is 0 Å². The molecule has 0 unspecified atom stereocenters. The van der Waals surface area contributed by atoms with E-state index < -0.39 is 0 Å². The van der Waals surface area contributed by atoms with E-state index in [0.29, 0.717) is 10.8 Å². The van der Waals surface area contributed by atoms with Gasteiger partial charge in [-0.3, -0.25) is 0 Å². The van der Waals surface area contributed by atoms with Gasteiger partial charge in [-0.15, -0.1) is 0 Å². The van der Waals surface area contributed by atoms with Gasteiger partial charge in [0.2, 0.25) is 0 Å². The Bertz CT molecular complexity index is 421. The van der Waals surface area contributed by atoms with Crippen molar-refractivity contribution in [2.45, 2.75) is 72.3 Å². The number of piperidine rings is 4. The van der Waals surface area contributed by atoms with Crippen LogP contribution in [0.3, 0.4) is 0 Å². The Morgan fingerprint density at radius 3 is 1.71 bits per heavy atom. The van der Waals surface area contributed by atoms with Crippen LogP contribution in [0.15, 0.2) is 0 Å². The molecule has 4 aliphatic rings. The van der Waals surface area contributed by atoms with E-state index in [-0.39, 0.29) is 11.0 Å². The number of hydrogen-bond donors (Lipinski definition) is 0. The van der Waals surface area contributed by atoms with E-state index in [1.54, 1.807) is 0 Å². The van der Waals surface area contributed by atoms with E-state index in [2.05, 4.69) is 44.4 Å². The highest BCUT2D eigenvalue weighted by Gasteiger charge is 2.51. The number of fused-ring (bicyclic) bond motifs is 3. The van der Waals surface area contributed by atoms with E-state index in [0.717, 1.165) is 0 Å². The zero-order chi connectivity index (χ0) is 17.6. The van der Waals surface area contributed by atoms with Gasteiger partial charge >= 0.3 is 0 Å². The molecule has 24 heavy (non-hydrogen) atoms. The van der Waals surface area contributed by atoms with Crippen LogP contribution >= 0.6 is 0 Å². The third-order valence-electron chi connectivity index (χ3n) is 8.20. The Kier molecular flexibility index (Phi) is 4.86. The van der Waals surface area contributed by atoms with E-state index in [1.165, 1.54) is 71.4 Å². The summed E-state index contributed by atoms with van der Waals surface area (Å²) in [6.45, 7) is 19.8. The van der Waals surface area contributed by atoms with Crippen LogP contribution in [0.2, 0.25) is 0 Å². The normalized spacial score (nSPS) is 34.5. The molecule has 3 nitrogen and oxygen atoms in total. The van der Waals surface area contributed by atoms with Gasteiger partial charge in [0, 0.05) is 26.7 Å². The van der Waals surface area contributed by atoms with Gasteiger partial charge in [0.1, 0.15) is 0 Å². The molecule has 4 fully saturated rings. The first-order chi connectivity index (χ1) is 11.1. The summed E-state index contributed by atoms with van der Waals surface area (Å²) in [5, 5.41) is 0. The molecule has 0 saturated carbocycles. The lowest BCUT2D eigenvalue weighted by Crippen LogP contribution is -2.59. The van der Waals surface area contributed by atoms with Crippen molar-refractivity contribution in [3.05, 3.63) is 0 Å². The number of likely N-dealkylation sites (tertiary alicyclic amines) is 1. The lowest BCUT2D eigenvalue weighted by atomic mass is 9.56. The fourth-order valence-corrected chi connectivity index (χ4v) is 5.90. The molecular formula is C21H40N2O. The van der Waals surface area contributed by atoms with Gasteiger partial charge < -0.3 is 14.5 Å². The highest BCUT2D eigenvalue weighted by molar-refractivity contribution is 5.03. The lowest BCUT2D eigenvalue weighted by molar-refractivity contribution is -0.136. The molecule has 4 rings (SSSR count). The molecule has 0 aromatic rings. The van der Waals surface area contributed by atoms with Crippen molar-refractivity contribution in [3.63, 3.8) is 0 Å². The molecule has 4 saturated heterocycles. The number of hydrogen-bond acceptors (Lipinski definition) is 3. The van der Waals surface area contributed by atoms with Crippen molar-refractivity contribution < 1.29 is 4.74 Å². The Balaban J connectivity index is 1.63. The first-order valence-corrected chi connectivity index (χ1v) is 10.1. The summed E-state index contributed by atoms with van der Waals surface area (Å²) in [4.78, 5) is 5.40. The first kappa shape index (κ1) is 18.7. The van der Waals surface area contributed by atoms with Crippen molar-refractivity contribution in [3.8, 4) is 0 Å². The molecule has 0 amide bonds. The highest BCUT2D eigenvalue weighted by atomic mass is 16.5. The summed E-state index contributed by atoms with van der Waals surface area (Å²) in [5.41, 5.74) is 1.29. The predicted octanol–water partition coefficient (Wildman–Crippen LogP) is 4.03. The molecular weight excluding hydrogens is 296 g/mol. The maximum Gasteiger partial charge on any atom is 0.0751 e. The fourth-order valence-electron chi connectivity index (χ4n) is 5.90. The SMILES string of the molecule is COC1(C(C)(C)C)CCN(CC(C)(C)C23CCN(CC2)CC3)CC1. The van der Waals surface area contributed by atoms with Crippen molar-refractivity contribution in [1.82, 2.24) is 9.80 Å². The van der Waals surface area contributed by atoms with Gasteiger partial charge in [0.25, 0.3) is 0 Å². The number of rotatable bonds is 4. The summed E-state index contributed by atoms with van der Waals surface area (Å²) in [5.74, 6) is 0.